The number of carboxylic acids is 2. The van der Waals surface area contributed by atoms with Crippen LogP contribution in [0, 0.1) is 24.6 Å². The summed E-state index contributed by atoms with van der Waals surface area (Å²) in [5.74, 6) is -3.81. The highest BCUT2D eigenvalue weighted by Gasteiger charge is 2.39. The number of benzene rings is 11. The van der Waals surface area contributed by atoms with Gasteiger partial charge in [-0.2, -0.15) is 0 Å². The quantitative estimate of drug-likeness (QED) is 0.0249. The predicted octanol–water partition coefficient (Wildman–Crippen LogP) is 21.4. The number of hydrogen-bond donors (Lipinski definition) is 3. The Morgan fingerprint density at radius 2 is 1.08 bits per heavy atom. The molecule has 0 aliphatic heterocycles. The van der Waals surface area contributed by atoms with E-state index in [1.807, 2.05) is 273 Å². The summed E-state index contributed by atoms with van der Waals surface area (Å²) >= 11 is 0. The Balaban J connectivity index is 0.000000150. The van der Waals surface area contributed by atoms with Crippen LogP contribution in [0.2, 0.25) is 0 Å². The third-order valence-electron chi connectivity index (χ3n) is 21.2. The van der Waals surface area contributed by atoms with Gasteiger partial charge in [-0.25, -0.2) is 27.8 Å². The summed E-state index contributed by atoms with van der Waals surface area (Å²) in [6.07, 6.45) is 5.88. The lowest BCUT2D eigenvalue weighted by Crippen LogP contribution is -2.33. The maximum absolute atomic E-state index is 13.3. The van der Waals surface area contributed by atoms with Gasteiger partial charge in [-0.05, 0) is 147 Å². The summed E-state index contributed by atoms with van der Waals surface area (Å²) in [6, 6.07) is 95.1. The monoisotopic (exact) mass is 1790 g/mol. The molecular weight excluding hydrogens is 1700 g/mol. The van der Waals surface area contributed by atoms with E-state index in [1.54, 1.807) is 36.4 Å². The molecule has 0 fully saturated rings. The van der Waals surface area contributed by atoms with Crippen LogP contribution in [0.5, 0.6) is 5.75 Å². The summed E-state index contributed by atoms with van der Waals surface area (Å²) in [5.41, 5.74) is 15.3. The van der Waals surface area contributed by atoms with Gasteiger partial charge in [-0.1, -0.05) is 248 Å². The first kappa shape index (κ1) is 94.1. The number of aromatic nitrogens is 4. The van der Waals surface area contributed by atoms with Crippen molar-refractivity contribution in [3.8, 4) is 96.0 Å². The van der Waals surface area contributed by atoms with E-state index >= 15 is 0 Å². The fourth-order valence-electron chi connectivity index (χ4n) is 14.7. The number of aryl methyl sites for hydroxylation is 1. The second-order valence-electron chi connectivity index (χ2n) is 31.4. The highest BCUT2D eigenvalue weighted by Crippen LogP contribution is 2.41. The number of carbonyl (C=O) groups is 6. The van der Waals surface area contributed by atoms with Crippen LogP contribution in [0.15, 0.2) is 334 Å². The Morgan fingerprint density at radius 3 is 1.67 bits per heavy atom. The van der Waals surface area contributed by atoms with Gasteiger partial charge < -0.3 is 51.7 Å². The molecule has 5 heterocycles. The number of ether oxygens (including phenoxy) is 4. The van der Waals surface area contributed by atoms with Crippen LogP contribution in [-0.4, -0.2) is 120 Å². The van der Waals surface area contributed by atoms with Gasteiger partial charge in [0.1, 0.15) is 71.5 Å². The molecule has 1 amide bonds. The molecule has 5 aromatic heterocycles. The molecule has 26 heteroatoms. The highest BCUT2D eigenvalue weighted by molar-refractivity contribution is 7.89. The number of sulfonamides is 1. The standard InChI is InChI=1S/C27H23FO5.C27H20N2O4.C26H32N4O4S.C26H22O5/c1-16-3-5-17(6-4-16)13-22(26(29)30)25(27(31)32-2)24-15-20-14-19(9-12-23(20)33-24)18-7-10-21(28)11-8-18;1-18(30)16-31-22-14-8-13-21(15-22)25-24(28-17-32-25)27-29-23(19-9-4-2-5-10-19)26(33-27)20-11-6-3-7-12-20;1-20(2)30(16-10-11-17-34-19-24(31)29-35(3,32)33)23-18-27-25(21-12-6-4-7-13-21)26(28-23)22-14-8-5-9-15-22;27-25(16-22(26(28)29)13-18-7-3-1-4-8-18)30-17-23-15-21-14-20(11-12-24(21)31-23)19-9-5-2-6-10-19/h3-12,14-15,22,25H,13H2,1-2H3,(H,29,30);2-15,17H,16H2,1H3;4-9,12-15,18,20H,10-11,16-17,19H2,1-3H3,(H,29,31);1-12,14-15,22H,13,16-17H2,(H,28,29)/t;;;22-/m...0/s1. The molecule has 3 atom stereocenters. The number of Topliss-reactive ketones (excluding diaryl/α,β-unsaturated/α-hetero) is 1. The van der Waals surface area contributed by atoms with E-state index < -0.39 is 57.6 Å². The molecule has 672 valence electrons. The first-order valence-electron chi connectivity index (χ1n) is 42.6. The Morgan fingerprint density at radius 1 is 0.523 bits per heavy atom. The number of ketones is 1. The molecule has 0 radical (unpaired) electrons. The Labute approximate surface area is 762 Å². The average Bonchev–Trinajstić information content (AvgIpc) is 1.73. The minimum atomic E-state index is -3.57. The minimum absolute atomic E-state index is 0.00727. The van der Waals surface area contributed by atoms with Crippen molar-refractivity contribution in [3.05, 3.63) is 350 Å². The number of unbranched alkanes of at least 4 members (excludes halogenated alkanes) is 1. The largest absolute Gasteiger partial charge is 0.486 e. The first-order chi connectivity index (χ1) is 63.9. The fraction of sp³-hybridized carbons (Fsp3) is 0.189. The fourth-order valence-corrected chi connectivity index (χ4v) is 15.1. The molecule has 24 nitrogen and oxygen atoms in total. The molecule has 11 aromatic carbocycles. The third-order valence-corrected chi connectivity index (χ3v) is 21.8. The first-order valence-corrected chi connectivity index (χ1v) is 44.5. The Bertz CT molecular complexity index is 6620. The number of esters is 2. The van der Waals surface area contributed by atoms with Gasteiger partial charge in [-0.3, -0.25) is 38.5 Å². The zero-order valence-corrected chi connectivity index (χ0v) is 74.2. The lowest BCUT2D eigenvalue weighted by molar-refractivity contribution is -0.152. The number of furan rings is 2. The molecule has 0 aliphatic rings. The number of amides is 1. The van der Waals surface area contributed by atoms with Crippen molar-refractivity contribution >= 4 is 73.3 Å². The second kappa shape index (κ2) is 45.4. The molecule has 0 bridgehead atoms. The van der Waals surface area contributed by atoms with Crippen molar-refractivity contribution in [2.45, 2.75) is 78.4 Å². The van der Waals surface area contributed by atoms with Gasteiger partial charge in [0.2, 0.25) is 15.9 Å². The van der Waals surface area contributed by atoms with Crippen LogP contribution in [0.1, 0.15) is 74.2 Å². The van der Waals surface area contributed by atoms with E-state index in [0.29, 0.717) is 57.8 Å². The van der Waals surface area contributed by atoms with E-state index in [1.165, 1.54) is 32.6 Å². The summed E-state index contributed by atoms with van der Waals surface area (Å²) in [7, 11) is -2.33. The van der Waals surface area contributed by atoms with Gasteiger partial charge in [-0.15, -0.1) is 0 Å². The Kier molecular flexibility index (Phi) is 32.4. The molecule has 0 saturated heterocycles. The van der Waals surface area contributed by atoms with E-state index in [-0.39, 0.29) is 62.5 Å². The molecule has 0 aliphatic carbocycles. The molecule has 0 spiro atoms. The van der Waals surface area contributed by atoms with Gasteiger partial charge >= 0.3 is 23.9 Å². The van der Waals surface area contributed by atoms with Crippen molar-refractivity contribution in [2.75, 3.05) is 44.6 Å². The summed E-state index contributed by atoms with van der Waals surface area (Å²) < 4.78 is 82.0. The average molecular weight is 1790 g/mol. The van der Waals surface area contributed by atoms with Crippen LogP contribution in [0.3, 0.4) is 0 Å². The van der Waals surface area contributed by atoms with Gasteiger partial charge in [0.15, 0.2) is 29.4 Å². The zero-order valence-electron chi connectivity index (χ0n) is 73.4. The Hall–Kier alpha value is -15.5. The number of hydrogen-bond acceptors (Lipinski definition) is 21. The summed E-state index contributed by atoms with van der Waals surface area (Å²) in [6.45, 7) is 8.44. The van der Waals surface area contributed by atoms with Crippen molar-refractivity contribution in [2.24, 2.45) is 11.8 Å². The van der Waals surface area contributed by atoms with Crippen LogP contribution < -0.4 is 14.4 Å². The predicted molar refractivity (Wildman–Crippen MR) is 503 cm³/mol. The number of fused-ring (bicyclic) bond motifs is 2. The van der Waals surface area contributed by atoms with Crippen LogP contribution in [0.25, 0.3) is 112 Å². The lowest BCUT2D eigenvalue weighted by atomic mass is 9.84. The number of nitrogens with zero attached hydrogens (tertiary/aromatic N) is 5. The van der Waals surface area contributed by atoms with Gasteiger partial charge in [0, 0.05) is 57.8 Å². The summed E-state index contributed by atoms with van der Waals surface area (Å²) in [5, 5.41) is 21.1. The maximum Gasteiger partial charge on any atom is 0.317 e. The molecule has 0 saturated carbocycles. The number of nitrogens with one attached hydrogen (secondary N) is 1. The van der Waals surface area contributed by atoms with Crippen molar-refractivity contribution in [1.29, 1.82) is 0 Å². The van der Waals surface area contributed by atoms with Crippen LogP contribution >= 0.6 is 0 Å². The van der Waals surface area contributed by atoms with Crippen LogP contribution in [-0.2, 0) is 72.4 Å². The van der Waals surface area contributed by atoms with Gasteiger partial charge in [0.05, 0.1) is 49.2 Å². The maximum atomic E-state index is 13.3. The number of halogens is 1. The molecule has 3 N–H and O–H groups in total. The number of anilines is 1. The number of oxazole rings is 2. The van der Waals surface area contributed by atoms with Crippen molar-refractivity contribution < 1.29 is 88.4 Å². The van der Waals surface area contributed by atoms with Crippen LogP contribution in [0.4, 0.5) is 10.2 Å². The number of rotatable bonds is 34. The lowest BCUT2D eigenvalue weighted by Gasteiger charge is -2.28. The molecule has 2 unspecified atom stereocenters. The van der Waals surface area contributed by atoms with Gasteiger partial charge in [0.25, 0.3) is 5.91 Å². The molecular formula is C106H97FN6O18S. The van der Waals surface area contributed by atoms with E-state index in [2.05, 4.69) is 23.7 Å². The smallest absolute Gasteiger partial charge is 0.317 e. The summed E-state index contributed by atoms with van der Waals surface area (Å²) in [4.78, 5) is 92.7. The van der Waals surface area contributed by atoms with E-state index in [9.17, 15) is 51.8 Å². The molecule has 132 heavy (non-hydrogen) atoms. The number of methoxy groups -OCH3 is 1. The third kappa shape index (κ3) is 26.1. The number of carbonyl (C=O) groups excluding carboxylic acids is 4. The normalized spacial score (nSPS) is 11.8. The topological polar surface area (TPSA) is 333 Å². The van der Waals surface area contributed by atoms with Crippen molar-refractivity contribution in [3.63, 3.8) is 0 Å². The minimum Gasteiger partial charge on any atom is -0.486 e. The van der Waals surface area contributed by atoms with E-state index in [0.717, 1.165) is 121 Å². The highest BCUT2D eigenvalue weighted by atomic mass is 32.2. The molecule has 16 aromatic rings. The SMILES string of the molecule is CC(=O)COc1cccc(-c2ocnc2-c2nc(-c3ccccc3)c(-c3ccccc3)o2)c1.CC(C)N(CCCCOCC(=O)NS(C)(=O)=O)c1cnc(-c2ccccc2)c(-c2ccccc2)n1.COC(=O)C(c1cc2cc(-c3ccc(F)cc3)ccc2o1)C(Cc1ccc(C)cc1)C(=O)O.O=C(C[C@H](Cc1ccccc1)C(=O)O)OCc1cc2cc(-c3ccccc3)ccc2o1. The zero-order chi connectivity index (χ0) is 93.0. The van der Waals surface area contributed by atoms with E-state index in [4.69, 9.17) is 51.6 Å². The number of carboxylic acid groups (broad SMARTS) is 2. The molecule has 16 rings (SSSR count). The second-order valence-corrected chi connectivity index (χ2v) is 33.2. The van der Waals surface area contributed by atoms with Crippen molar-refractivity contribution in [1.82, 2.24) is 24.7 Å². The number of aliphatic carboxylic acids is 2.